The van der Waals surface area contributed by atoms with Crippen molar-refractivity contribution < 1.29 is 9.18 Å². The van der Waals surface area contributed by atoms with E-state index >= 15 is 0 Å². The Bertz CT molecular complexity index is 323. The first-order chi connectivity index (χ1) is 6.79. The number of amides is 1. The Kier molecular flexibility index (Phi) is 2.48. The van der Waals surface area contributed by atoms with E-state index in [9.17, 15) is 9.18 Å². The smallest absolute Gasteiger partial charge is 0.209 e. The van der Waals surface area contributed by atoms with Crippen molar-refractivity contribution in [1.29, 1.82) is 0 Å². The highest BCUT2D eigenvalue weighted by Gasteiger charge is 2.22. The Morgan fingerprint density at radius 2 is 2.07 bits per heavy atom. The van der Waals surface area contributed by atoms with Crippen LogP contribution in [0, 0.1) is 5.82 Å². The van der Waals surface area contributed by atoms with Crippen LogP contribution < -0.4 is 0 Å². The molecule has 14 heavy (non-hydrogen) atoms. The molecule has 1 atom stereocenters. The van der Waals surface area contributed by atoms with Crippen LogP contribution in [0.2, 0.25) is 0 Å². The number of hydrogen-bond acceptors (Lipinski definition) is 1. The highest BCUT2D eigenvalue weighted by atomic mass is 19.1. The first-order valence-electron chi connectivity index (χ1n) is 4.74. The van der Waals surface area contributed by atoms with Gasteiger partial charge in [0.1, 0.15) is 5.82 Å². The van der Waals surface area contributed by atoms with Gasteiger partial charge in [0.15, 0.2) is 0 Å². The summed E-state index contributed by atoms with van der Waals surface area (Å²) in [7, 11) is 0. The average molecular weight is 193 g/mol. The molecule has 1 aliphatic rings. The van der Waals surface area contributed by atoms with Crippen molar-refractivity contribution >= 4 is 6.41 Å². The predicted octanol–water partition coefficient (Wildman–Crippen LogP) is 1.77. The van der Waals surface area contributed by atoms with Crippen LogP contribution in [0.15, 0.2) is 24.3 Å². The van der Waals surface area contributed by atoms with Gasteiger partial charge in [-0.2, -0.15) is 0 Å². The quantitative estimate of drug-likeness (QED) is 0.655. The maximum atomic E-state index is 12.6. The topological polar surface area (TPSA) is 20.3 Å². The molecule has 3 heteroatoms. The second-order valence-electron chi connectivity index (χ2n) is 3.64. The fraction of sp³-hybridized carbons (Fsp3) is 0.364. The third kappa shape index (κ3) is 1.76. The lowest BCUT2D eigenvalue weighted by Crippen LogP contribution is -2.17. The first-order valence-corrected chi connectivity index (χ1v) is 4.74. The van der Waals surface area contributed by atoms with Crippen molar-refractivity contribution in [2.75, 3.05) is 13.1 Å². The summed E-state index contributed by atoms with van der Waals surface area (Å²) in [5.74, 6) is 0.166. The summed E-state index contributed by atoms with van der Waals surface area (Å²) in [5.41, 5.74) is 1.12. The van der Waals surface area contributed by atoms with Gasteiger partial charge in [-0.25, -0.2) is 4.39 Å². The van der Waals surface area contributed by atoms with E-state index in [0.717, 1.165) is 31.5 Å². The van der Waals surface area contributed by atoms with Crippen molar-refractivity contribution in [2.24, 2.45) is 0 Å². The molecule has 1 aliphatic heterocycles. The normalized spacial score (nSPS) is 21.2. The summed E-state index contributed by atoms with van der Waals surface area (Å²) < 4.78 is 12.6. The van der Waals surface area contributed by atoms with Crippen LogP contribution in [0.25, 0.3) is 0 Å². The number of rotatable bonds is 2. The zero-order valence-electron chi connectivity index (χ0n) is 7.82. The first kappa shape index (κ1) is 9.19. The average Bonchev–Trinajstić information content (AvgIpc) is 2.67. The van der Waals surface area contributed by atoms with Gasteiger partial charge in [-0.15, -0.1) is 0 Å². The number of benzene rings is 1. The van der Waals surface area contributed by atoms with E-state index in [4.69, 9.17) is 0 Å². The summed E-state index contributed by atoms with van der Waals surface area (Å²) >= 11 is 0. The van der Waals surface area contributed by atoms with Gasteiger partial charge < -0.3 is 4.90 Å². The Morgan fingerprint density at radius 3 is 2.64 bits per heavy atom. The number of likely N-dealkylation sites (tertiary alicyclic amines) is 1. The minimum Gasteiger partial charge on any atom is -0.345 e. The third-order valence-corrected chi connectivity index (χ3v) is 2.71. The van der Waals surface area contributed by atoms with E-state index < -0.39 is 0 Å². The molecule has 1 heterocycles. The van der Waals surface area contributed by atoms with Crippen LogP contribution in [0.5, 0.6) is 0 Å². The van der Waals surface area contributed by atoms with Gasteiger partial charge in [0.25, 0.3) is 0 Å². The van der Waals surface area contributed by atoms with E-state index in [1.807, 2.05) is 0 Å². The molecular formula is C11H12FNO. The van der Waals surface area contributed by atoms with Crippen LogP contribution in [0.1, 0.15) is 17.9 Å². The fourth-order valence-corrected chi connectivity index (χ4v) is 1.89. The Labute approximate surface area is 82.3 Å². The Hall–Kier alpha value is -1.38. The number of hydrogen-bond donors (Lipinski definition) is 0. The second kappa shape index (κ2) is 3.78. The van der Waals surface area contributed by atoms with Crippen molar-refractivity contribution in [1.82, 2.24) is 4.90 Å². The number of halogens is 1. The zero-order chi connectivity index (χ0) is 9.97. The highest BCUT2D eigenvalue weighted by Crippen LogP contribution is 2.26. The Morgan fingerprint density at radius 1 is 1.36 bits per heavy atom. The number of carbonyl (C=O) groups excluding carboxylic acids is 1. The van der Waals surface area contributed by atoms with Crippen LogP contribution in [0.4, 0.5) is 4.39 Å². The molecule has 0 saturated carbocycles. The molecule has 0 unspecified atom stereocenters. The molecular weight excluding hydrogens is 181 g/mol. The van der Waals surface area contributed by atoms with Crippen molar-refractivity contribution in [3.8, 4) is 0 Å². The van der Waals surface area contributed by atoms with Crippen molar-refractivity contribution in [3.05, 3.63) is 35.6 Å². The van der Waals surface area contributed by atoms with Gasteiger partial charge in [-0.05, 0) is 24.1 Å². The predicted molar refractivity (Wildman–Crippen MR) is 51.4 cm³/mol. The largest absolute Gasteiger partial charge is 0.345 e. The van der Waals surface area contributed by atoms with Gasteiger partial charge in [0.2, 0.25) is 6.41 Å². The number of carbonyl (C=O) groups is 1. The third-order valence-electron chi connectivity index (χ3n) is 2.71. The molecule has 1 aromatic carbocycles. The molecule has 0 aliphatic carbocycles. The van der Waals surface area contributed by atoms with Crippen molar-refractivity contribution in [3.63, 3.8) is 0 Å². The maximum absolute atomic E-state index is 12.6. The van der Waals surface area contributed by atoms with Crippen LogP contribution in [-0.4, -0.2) is 24.4 Å². The molecule has 1 fully saturated rings. The highest BCUT2D eigenvalue weighted by molar-refractivity contribution is 5.48. The van der Waals surface area contributed by atoms with E-state index in [1.165, 1.54) is 12.1 Å². The SMILES string of the molecule is O=CN1CC[C@@H](c2ccc(F)cc2)C1. The van der Waals surface area contributed by atoms with Crippen LogP contribution >= 0.6 is 0 Å². The molecule has 0 spiro atoms. The van der Waals surface area contributed by atoms with Crippen molar-refractivity contribution in [2.45, 2.75) is 12.3 Å². The lowest BCUT2D eigenvalue weighted by Gasteiger charge is -2.10. The van der Waals surface area contributed by atoms with Gasteiger partial charge >= 0.3 is 0 Å². The summed E-state index contributed by atoms with van der Waals surface area (Å²) in [5, 5.41) is 0. The second-order valence-corrected chi connectivity index (χ2v) is 3.64. The van der Waals surface area contributed by atoms with Gasteiger partial charge in [0.05, 0.1) is 0 Å². The molecule has 0 radical (unpaired) electrons. The molecule has 2 rings (SSSR count). The zero-order valence-corrected chi connectivity index (χ0v) is 7.82. The summed E-state index contributed by atoms with van der Waals surface area (Å²) in [4.78, 5) is 12.3. The molecule has 0 aromatic heterocycles. The van der Waals surface area contributed by atoms with Gasteiger partial charge in [-0.1, -0.05) is 12.1 Å². The van der Waals surface area contributed by atoms with E-state index in [0.29, 0.717) is 5.92 Å². The molecule has 1 amide bonds. The summed E-state index contributed by atoms with van der Waals surface area (Å²) in [6, 6.07) is 6.54. The van der Waals surface area contributed by atoms with Gasteiger partial charge in [-0.3, -0.25) is 4.79 Å². The molecule has 74 valence electrons. The van der Waals surface area contributed by atoms with E-state index in [2.05, 4.69) is 0 Å². The van der Waals surface area contributed by atoms with Crippen LogP contribution in [0.3, 0.4) is 0 Å². The molecule has 1 aromatic rings. The standard InChI is InChI=1S/C11H12FNO/c12-11-3-1-9(2-4-11)10-5-6-13(7-10)8-14/h1-4,8,10H,5-7H2/t10-/m1/s1. The van der Waals surface area contributed by atoms with E-state index in [-0.39, 0.29) is 5.82 Å². The fourth-order valence-electron chi connectivity index (χ4n) is 1.89. The monoisotopic (exact) mass is 193 g/mol. The molecule has 0 N–H and O–H groups in total. The molecule has 1 saturated heterocycles. The lowest BCUT2D eigenvalue weighted by atomic mass is 9.99. The summed E-state index contributed by atoms with van der Waals surface area (Å²) in [6.07, 6.45) is 1.86. The number of nitrogens with zero attached hydrogens (tertiary/aromatic N) is 1. The van der Waals surface area contributed by atoms with Crippen LogP contribution in [-0.2, 0) is 4.79 Å². The lowest BCUT2D eigenvalue weighted by molar-refractivity contribution is -0.117. The molecule has 0 bridgehead atoms. The maximum Gasteiger partial charge on any atom is 0.209 e. The Balaban J connectivity index is 2.09. The van der Waals surface area contributed by atoms with E-state index in [1.54, 1.807) is 17.0 Å². The van der Waals surface area contributed by atoms with Gasteiger partial charge in [0, 0.05) is 19.0 Å². The molecule has 2 nitrogen and oxygen atoms in total. The summed E-state index contributed by atoms with van der Waals surface area (Å²) in [6.45, 7) is 1.57. The minimum atomic E-state index is -0.209. The minimum absolute atomic E-state index is 0.209.